The van der Waals surface area contributed by atoms with Gasteiger partial charge in [-0.15, -0.1) is 11.3 Å². The smallest absolute Gasteiger partial charge is 0.251 e. The molecule has 3 aliphatic rings. The number of fused-ring (bicyclic) bond motifs is 2. The second-order valence-corrected chi connectivity index (χ2v) is 11.7. The number of halogens is 2. The van der Waals surface area contributed by atoms with Crippen LogP contribution in [0.15, 0.2) is 29.6 Å². The number of rotatable bonds is 6. The highest BCUT2D eigenvalue weighted by atomic mass is 35.5. The van der Waals surface area contributed by atoms with Crippen LogP contribution >= 0.6 is 22.9 Å². The molecule has 6 nitrogen and oxygen atoms in total. The Morgan fingerprint density at radius 3 is 2.71 bits per heavy atom. The lowest BCUT2D eigenvalue weighted by Gasteiger charge is -2.58. The van der Waals surface area contributed by atoms with Gasteiger partial charge in [0.25, 0.3) is 5.91 Å². The molecule has 1 amide bonds. The zero-order chi connectivity index (χ0) is 22.5. The Morgan fingerprint density at radius 2 is 2.13 bits per heavy atom. The van der Waals surface area contributed by atoms with E-state index in [1.54, 1.807) is 34.5 Å². The summed E-state index contributed by atoms with van der Waals surface area (Å²) >= 11 is 7.32. The maximum absolute atomic E-state index is 15.5. The number of carbonyl (C=O) groups is 1. The van der Waals surface area contributed by atoms with Crippen LogP contribution in [0, 0.1) is 11.7 Å². The molecular formula is C21H24ClFN2O4S2. The molecule has 2 bridgehead atoms. The number of thiophene rings is 1. The topological polar surface area (TPSA) is 86.7 Å². The first kappa shape index (κ1) is 22.7. The van der Waals surface area contributed by atoms with Crippen LogP contribution in [0.4, 0.5) is 4.39 Å². The lowest BCUT2D eigenvalue weighted by Crippen LogP contribution is -2.71. The van der Waals surface area contributed by atoms with Crippen molar-refractivity contribution in [3.63, 3.8) is 0 Å². The van der Waals surface area contributed by atoms with E-state index in [9.17, 15) is 18.3 Å². The quantitative estimate of drug-likeness (QED) is 0.657. The summed E-state index contributed by atoms with van der Waals surface area (Å²) in [5, 5.41) is 11.7. The number of piperidine rings is 2. The Labute approximate surface area is 190 Å². The first-order valence-electron chi connectivity index (χ1n) is 10.0. The molecule has 0 spiro atoms. The van der Waals surface area contributed by atoms with Gasteiger partial charge in [-0.2, -0.15) is 0 Å². The van der Waals surface area contributed by atoms with Gasteiger partial charge in [0, 0.05) is 23.0 Å². The number of benzene rings is 1. The minimum atomic E-state index is -3.54. The molecular weight excluding hydrogens is 463 g/mol. The minimum absolute atomic E-state index is 0.0726. The van der Waals surface area contributed by atoms with Gasteiger partial charge in [0.2, 0.25) is 10.0 Å². The summed E-state index contributed by atoms with van der Waals surface area (Å²) in [4.78, 5) is 14.4. The Balaban J connectivity index is 1.71. The van der Waals surface area contributed by atoms with E-state index in [1.807, 2.05) is 0 Å². The average molecular weight is 487 g/mol. The fourth-order valence-corrected chi connectivity index (χ4v) is 6.48. The molecule has 1 saturated carbocycles. The number of aliphatic hydroxyl groups excluding tert-OH is 1. The van der Waals surface area contributed by atoms with E-state index < -0.39 is 39.9 Å². The molecule has 0 unspecified atom stereocenters. The van der Waals surface area contributed by atoms with Crippen molar-refractivity contribution in [2.45, 2.75) is 50.4 Å². The predicted octanol–water partition coefficient (Wildman–Crippen LogP) is 3.04. The first-order valence-corrected chi connectivity index (χ1v) is 13.2. The third-order valence-corrected chi connectivity index (χ3v) is 7.96. The molecule has 31 heavy (non-hydrogen) atoms. The van der Waals surface area contributed by atoms with Crippen LogP contribution in [0.1, 0.15) is 25.3 Å². The normalized spacial score (nSPS) is 26.4. The summed E-state index contributed by atoms with van der Waals surface area (Å²) in [6.07, 6.45) is 1.33. The lowest BCUT2D eigenvalue weighted by atomic mass is 9.66. The van der Waals surface area contributed by atoms with Crippen LogP contribution in [0.25, 0.3) is 11.1 Å². The number of hydrogen-bond donors (Lipinski definition) is 2. The third kappa shape index (κ3) is 4.52. The van der Waals surface area contributed by atoms with Crippen molar-refractivity contribution in [2.24, 2.45) is 5.92 Å². The fraction of sp³-hybridized carbons (Fsp3) is 0.476. The van der Waals surface area contributed by atoms with Crippen LogP contribution < -0.4 is 4.72 Å². The second-order valence-electron chi connectivity index (χ2n) is 8.41. The molecule has 2 aromatic rings. The van der Waals surface area contributed by atoms with E-state index in [2.05, 4.69) is 4.72 Å². The summed E-state index contributed by atoms with van der Waals surface area (Å²) in [5.74, 6) is -0.807. The molecule has 2 N–H and O–H groups in total. The van der Waals surface area contributed by atoms with Gasteiger partial charge in [-0.05, 0) is 49.3 Å². The van der Waals surface area contributed by atoms with E-state index in [-0.39, 0.29) is 18.4 Å². The Bertz CT molecular complexity index is 1100. The Hall–Kier alpha value is -1.52. The molecule has 3 heterocycles. The summed E-state index contributed by atoms with van der Waals surface area (Å²) in [7, 11) is -3.54. The number of nitrogens with zero attached hydrogens (tertiary/aromatic N) is 1. The van der Waals surface area contributed by atoms with E-state index in [4.69, 9.17) is 11.6 Å². The summed E-state index contributed by atoms with van der Waals surface area (Å²) < 4.78 is 42.7. The van der Waals surface area contributed by atoms with E-state index >= 15 is 4.39 Å². The van der Waals surface area contributed by atoms with Crippen molar-refractivity contribution in [1.29, 1.82) is 0 Å². The summed E-state index contributed by atoms with van der Waals surface area (Å²) in [6.45, 7) is 1.39. The maximum Gasteiger partial charge on any atom is 0.251 e. The van der Waals surface area contributed by atoms with Crippen molar-refractivity contribution < 1.29 is 22.7 Å². The van der Waals surface area contributed by atoms with Crippen molar-refractivity contribution in [3.8, 4) is 11.1 Å². The van der Waals surface area contributed by atoms with Crippen LogP contribution in [0.5, 0.6) is 0 Å². The third-order valence-electron chi connectivity index (χ3n) is 6.17. The Morgan fingerprint density at radius 1 is 1.42 bits per heavy atom. The molecule has 1 aromatic heterocycles. The number of aliphatic hydroxyl groups is 1. The average Bonchev–Trinajstić information content (AvgIpc) is 3.07. The van der Waals surface area contributed by atoms with Gasteiger partial charge in [0.05, 0.1) is 16.6 Å². The maximum atomic E-state index is 15.5. The monoisotopic (exact) mass is 486 g/mol. The van der Waals surface area contributed by atoms with Gasteiger partial charge in [0.1, 0.15) is 11.9 Å². The van der Waals surface area contributed by atoms with Crippen molar-refractivity contribution in [1.82, 2.24) is 9.62 Å². The minimum Gasteiger partial charge on any atom is -0.384 e. The van der Waals surface area contributed by atoms with Crippen molar-refractivity contribution in [2.75, 3.05) is 6.26 Å². The summed E-state index contributed by atoms with van der Waals surface area (Å²) in [5.41, 5.74) is 1.46. The summed E-state index contributed by atoms with van der Waals surface area (Å²) in [6, 6.07) is 5.54. The van der Waals surface area contributed by atoms with Gasteiger partial charge in [-0.1, -0.05) is 29.8 Å². The number of carbonyl (C=O) groups excluding carboxylic acids is 1. The molecule has 2 saturated heterocycles. The Kier molecular flexibility index (Phi) is 6.17. The number of nitrogens with one attached hydrogen (secondary N) is 1. The second kappa shape index (κ2) is 8.44. The van der Waals surface area contributed by atoms with Crippen LogP contribution in [-0.2, 0) is 21.2 Å². The molecule has 10 heteroatoms. The molecule has 1 aliphatic carbocycles. The zero-order valence-electron chi connectivity index (χ0n) is 17.1. The molecule has 1 aromatic carbocycles. The van der Waals surface area contributed by atoms with Crippen LogP contribution in [0.2, 0.25) is 4.34 Å². The van der Waals surface area contributed by atoms with Crippen molar-refractivity contribution in [3.05, 3.63) is 45.4 Å². The van der Waals surface area contributed by atoms with Gasteiger partial charge in [-0.3, -0.25) is 4.79 Å². The highest BCUT2D eigenvalue weighted by molar-refractivity contribution is 7.88. The SMILES string of the molecule is C[C@@H](O)C(=O)N1C2CC(C2)[C@H](NS(C)(=O)=O)[C@@H]1Cc1cccc(-c2csc(Cl)c2)c1F. The van der Waals surface area contributed by atoms with E-state index in [0.29, 0.717) is 33.9 Å². The van der Waals surface area contributed by atoms with Crippen LogP contribution in [-0.4, -0.2) is 54.8 Å². The largest absolute Gasteiger partial charge is 0.384 e. The van der Waals surface area contributed by atoms with Gasteiger partial charge >= 0.3 is 0 Å². The number of amides is 1. The molecule has 5 rings (SSSR count). The molecule has 0 radical (unpaired) electrons. The van der Waals surface area contributed by atoms with Crippen LogP contribution in [0.3, 0.4) is 0 Å². The highest BCUT2D eigenvalue weighted by Crippen LogP contribution is 2.44. The van der Waals surface area contributed by atoms with Crippen molar-refractivity contribution >= 4 is 38.9 Å². The molecule has 3 fully saturated rings. The standard InChI is InChI=1S/C21H24ClFN2O4S2/c1-11(26)21(27)25-15-6-13(7-15)20(24-31(2,28)29)17(25)8-12-4-3-5-16(19(12)23)14-9-18(22)30-10-14/h3-5,9-11,13,15,17,20,24,26H,6-8H2,1-2H3/t11-,13?,15?,17+,20+/m1/s1. The number of hydrogen-bond acceptors (Lipinski definition) is 5. The van der Waals surface area contributed by atoms with E-state index in [1.165, 1.54) is 18.3 Å². The molecule has 3 atom stereocenters. The first-order chi connectivity index (χ1) is 14.5. The van der Waals surface area contributed by atoms with Gasteiger partial charge in [0.15, 0.2) is 0 Å². The fourth-order valence-electron chi connectivity index (χ4n) is 4.75. The molecule has 2 aliphatic heterocycles. The molecule has 168 valence electrons. The zero-order valence-corrected chi connectivity index (χ0v) is 19.5. The lowest BCUT2D eigenvalue weighted by molar-refractivity contribution is -0.157. The number of sulfonamides is 1. The van der Waals surface area contributed by atoms with Gasteiger partial charge < -0.3 is 10.0 Å². The van der Waals surface area contributed by atoms with E-state index in [0.717, 1.165) is 6.26 Å². The predicted molar refractivity (Wildman–Crippen MR) is 119 cm³/mol. The highest BCUT2D eigenvalue weighted by Gasteiger charge is 2.53. The van der Waals surface area contributed by atoms with Gasteiger partial charge in [-0.25, -0.2) is 17.5 Å².